The van der Waals surface area contributed by atoms with Crippen LogP contribution in [-0.2, 0) is 0 Å². The molecule has 1 aliphatic carbocycles. The quantitative estimate of drug-likeness (QED) is 0.504. The molecule has 0 amide bonds. The van der Waals surface area contributed by atoms with Crippen LogP contribution in [0, 0.1) is 24.2 Å². The van der Waals surface area contributed by atoms with Gasteiger partial charge in [0.15, 0.2) is 0 Å². The highest BCUT2D eigenvalue weighted by Gasteiger charge is 2.28. The molecule has 0 spiro atoms. The number of hydrogen-bond donors (Lipinski definition) is 0. The van der Waals surface area contributed by atoms with E-state index in [0.717, 1.165) is 18.3 Å². The van der Waals surface area contributed by atoms with Crippen LogP contribution >= 0.6 is 0 Å². The molecule has 0 heterocycles. The minimum atomic E-state index is 0.843. The van der Waals surface area contributed by atoms with Gasteiger partial charge in [-0.2, -0.15) is 0 Å². The lowest BCUT2D eigenvalue weighted by Crippen LogP contribution is -1.98. The summed E-state index contributed by atoms with van der Waals surface area (Å²) in [6.45, 7) is 2.24. The third-order valence-corrected chi connectivity index (χ3v) is 2.19. The van der Waals surface area contributed by atoms with Crippen molar-refractivity contribution >= 4 is 0 Å². The van der Waals surface area contributed by atoms with Crippen LogP contribution in [0.15, 0.2) is 0 Å². The fraction of sp³-hybridized carbons (Fsp3) is 0.778. The zero-order valence-electron chi connectivity index (χ0n) is 6.06. The minimum absolute atomic E-state index is 0.843. The molecule has 1 atom stereocenters. The summed E-state index contributed by atoms with van der Waals surface area (Å²) in [7, 11) is 0. The molecule has 0 bridgehead atoms. The third-order valence-electron chi connectivity index (χ3n) is 2.19. The first kappa shape index (κ1) is 6.68. The molecule has 0 nitrogen and oxygen atoms in total. The van der Waals surface area contributed by atoms with Crippen LogP contribution in [0.5, 0.6) is 0 Å². The standard InChI is InChI=1S/C9H14/c1-3-5-8(4-2)9-6-7-9/h1,8-9H,4-7H2,2H3. The van der Waals surface area contributed by atoms with Gasteiger partial charge < -0.3 is 0 Å². The molecule has 50 valence electrons. The van der Waals surface area contributed by atoms with E-state index in [2.05, 4.69) is 12.8 Å². The molecule has 1 fully saturated rings. The highest BCUT2D eigenvalue weighted by Crippen LogP contribution is 2.39. The second kappa shape index (κ2) is 2.92. The van der Waals surface area contributed by atoms with Crippen LogP contribution in [0.1, 0.15) is 32.6 Å². The van der Waals surface area contributed by atoms with Gasteiger partial charge in [-0.05, 0) is 24.7 Å². The normalized spacial score (nSPS) is 20.9. The van der Waals surface area contributed by atoms with Crippen molar-refractivity contribution in [3.8, 4) is 12.3 Å². The molecule has 1 aliphatic rings. The van der Waals surface area contributed by atoms with Gasteiger partial charge in [-0.15, -0.1) is 12.3 Å². The Morgan fingerprint density at radius 1 is 1.67 bits per heavy atom. The largest absolute Gasteiger partial charge is 0.120 e. The van der Waals surface area contributed by atoms with Gasteiger partial charge in [-0.25, -0.2) is 0 Å². The summed E-state index contributed by atoms with van der Waals surface area (Å²) in [5.41, 5.74) is 0. The van der Waals surface area contributed by atoms with Gasteiger partial charge in [0.2, 0.25) is 0 Å². The Morgan fingerprint density at radius 2 is 2.33 bits per heavy atom. The predicted molar refractivity (Wildman–Crippen MR) is 40.0 cm³/mol. The van der Waals surface area contributed by atoms with E-state index >= 15 is 0 Å². The lowest BCUT2D eigenvalue weighted by molar-refractivity contribution is 0.459. The monoisotopic (exact) mass is 122 g/mol. The Kier molecular flexibility index (Phi) is 2.16. The van der Waals surface area contributed by atoms with E-state index in [4.69, 9.17) is 6.42 Å². The maximum absolute atomic E-state index is 5.22. The maximum atomic E-state index is 5.22. The van der Waals surface area contributed by atoms with Crippen LogP contribution in [0.3, 0.4) is 0 Å². The van der Waals surface area contributed by atoms with Gasteiger partial charge in [-0.1, -0.05) is 13.3 Å². The maximum Gasteiger partial charge on any atom is 0.0117 e. The Hall–Kier alpha value is -0.440. The molecule has 0 N–H and O–H groups in total. The summed E-state index contributed by atoms with van der Waals surface area (Å²) in [6.07, 6.45) is 10.4. The molecule has 0 aromatic rings. The molecule has 0 aromatic heterocycles. The van der Waals surface area contributed by atoms with Crippen molar-refractivity contribution in [2.24, 2.45) is 11.8 Å². The highest BCUT2D eigenvalue weighted by atomic mass is 14.3. The molecule has 1 unspecified atom stereocenters. The average Bonchev–Trinajstić information content (AvgIpc) is 2.64. The lowest BCUT2D eigenvalue weighted by atomic mass is 9.97. The van der Waals surface area contributed by atoms with Gasteiger partial charge in [0, 0.05) is 6.42 Å². The average molecular weight is 122 g/mol. The van der Waals surface area contributed by atoms with Gasteiger partial charge in [0.1, 0.15) is 0 Å². The van der Waals surface area contributed by atoms with Gasteiger partial charge in [0.05, 0.1) is 0 Å². The highest BCUT2D eigenvalue weighted by molar-refractivity contribution is 4.92. The van der Waals surface area contributed by atoms with E-state index < -0.39 is 0 Å². The molecular formula is C9H14. The first-order chi connectivity index (χ1) is 4.38. The summed E-state index contributed by atoms with van der Waals surface area (Å²) < 4.78 is 0. The second-order valence-corrected chi connectivity index (χ2v) is 2.91. The Labute approximate surface area is 57.7 Å². The fourth-order valence-electron chi connectivity index (χ4n) is 1.36. The Bertz CT molecular complexity index is 114. The van der Waals surface area contributed by atoms with Crippen LogP contribution in [0.2, 0.25) is 0 Å². The topological polar surface area (TPSA) is 0 Å². The van der Waals surface area contributed by atoms with Gasteiger partial charge >= 0.3 is 0 Å². The van der Waals surface area contributed by atoms with Crippen molar-refractivity contribution in [3.63, 3.8) is 0 Å². The van der Waals surface area contributed by atoms with Crippen molar-refractivity contribution in [2.45, 2.75) is 32.6 Å². The number of terminal acetylenes is 1. The minimum Gasteiger partial charge on any atom is -0.120 e. The van der Waals surface area contributed by atoms with Gasteiger partial charge in [0.25, 0.3) is 0 Å². The number of hydrogen-bond acceptors (Lipinski definition) is 0. The second-order valence-electron chi connectivity index (χ2n) is 2.91. The lowest BCUT2D eigenvalue weighted by Gasteiger charge is -2.07. The number of rotatable bonds is 3. The van der Waals surface area contributed by atoms with Crippen molar-refractivity contribution in [2.75, 3.05) is 0 Å². The summed E-state index contributed by atoms with van der Waals surface area (Å²) >= 11 is 0. The van der Waals surface area contributed by atoms with Crippen LogP contribution in [0.25, 0.3) is 0 Å². The van der Waals surface area contributed by atoms with E-state index in [-0.39, 0.29) is 0 Å². The molecule has 9 heavy (non-hydrogen) atoms. The smallest absolute Gasteiger partial charge is 0.0117 e. The van der Waals surface area contributed by atoms with Crippen molar-refractivity contribution in [3.05, 3.63) is 0 Å². The molecule has 0 saturated heterocycles. The fourth-order valence-corrected chi connectivity index (χ4v) is 1.36. The molecule has 1 rings (SSSR count). The van der Waals surface area contributed by atoms with Crippen LogP contribution < -0.4 is 0 Å². The van der Waals surface area contributed by atoms with Crippen LogP contribution in [-0.4, -0.2) is 0 Å². The van der Waals surface area contributed by atoms with Crippen molar-refractivity contribution in [1.82, 2.24) is 0 Å². The van der Waals surface area contributed by atoms with E-state index in [1.807, 2.05) is 0 Å². The first-order valence-electron chi connectivity index (χ1n) is 3.82. The Balaban J connectivity index is 2.22. The third kappa shape index (κ3) is 1.75. The summed E-state index contributed by atoms with van der Waals surface area (Å²) in [6, 6.07) is 0. The molecule has 0 radical (unpaired) electrons. The van der Waals surface area contributed by atoms with E-state index in [1.54, 1.807) is 0 Å². The molecule has 0 heteroatoms. The van der Waals surface area contributed by atoms with Gasteiger partial charge in [-0.3, -0.25) is 0 Å². The van der Waals surface area contributed by atoms with E-state index in [1.165, 1.54) is 19.3 Å². The zero-order valence-corrected chi connectivity index (χ0v) is 6.06. The molecule has 0 aromatic carbocycles. The van der Waals surface area contributed by atoms with E-state index in [9.17, 15) is 0 Å². The molecule has 1 saturated carbocycles. The molecular weight excluding hydrogens is 108 g/mol. The van der Waals surface area contributed by atoms with Crippen molar-refractivity contribution in [1.29, 1.82) is 0 Å². The zero-order chi connectivity index (χ0) is 6.69. The predicted octanol–water partition coefficient (Wildman–Crippen LogP) is 2.45. The SMILES string of the molecule is C#CCC(CC)C1CC1. The summed E-state index contributed by atoms with van der Waals surface area (Å²) in [5.74, 6) is 4.57. The van der Waals surface area contributed by atoms with Crippen molar-refractivity contribution < 1.29 is 0 Å². The molecule has 0 aliphatic heterocycles. The summed E-state index contributed by atoms with van der Waals surface area (Å²) in [5, 5.41) is 0. The van der Waals surface area contributed by atoms with Crippen LogP contribution in [0.4, 0.5) is 0 Å². The summed E-state index contributed by atoms with van der Waals surface area (Å²) in [4.78, 5) is 0. The first-order valence-corrected chi connectivity index (χ1v) is 3.82. The Morgan fingerprint density at radius 3 is 2.67 bits per heavy atom. The van der Waals surface area contributed by atoms with E-state index in [0.29, 0.717) is 0 Å².